The highest BCUT2D eigenvalue weighted by Crippen LogP contribution is 2.36. The van der Waals surface area contributed by atoms with Gasteiger partial charge in [0.05, 0.1) is 18.9 Å². The fourth-order valence-electron chi connectivity index (χ4n) is 2.88. The summed E-state index contributed by atoms with van der Waals surface area (Å²) in [5, 5.41) is 4.65. The molecule has 1 fully saturated rings. The van der Waals surface area contributed by atoms with Crippen molar-refractivity contribution >= 4 is 23.4 Å². The summed E-state index contributed by atoms with van der Waals surface area (Å²) in [6, 6.07) is 3.26. The van der Waals surface area contributed by atoms with E-state index in [9.17, 15) is 31.1 Å². The van der Waals surface area contributed by atoms with Gasteiger partial charge in [0, 0.05) is 31.9 Å². The monoisotopic (exact) mass is 465 g/mol. The van der Waals surface area contributed by atoms with E-state index >= 15 is 0 Å². The normalized spacial score (nSPS) is 14.8. The lowest BCUT2D eigenvalue weighted by atomic mass is 10.1. The molecular formula is C18H17F6N5O3. The van der Waals surface area contributed by atoms with Crippen LogP contribution >= 0.6 is 0 Å². The molecule has 1 aromatic heterocycles. The van der Waals surface area contributed by atoms with Crippen molar-refractivity contribution in [1.29, 1.82) is 0 Å². The molecule has 3 rings (SSSR count). The van der Waals surface area contributed by atoms with Crippen LogP contribution in [-0.2, 0) is 10.9 Å². The van der Waals surface area contributed by atoms with Crippen LogP contribution in [0.3, 0.4) is 0 Å². The number of carbonyl (C=O) groups is 1. The number of nitrogens with one attached hydrogen (secondary N) is 2. The molecule has 14 heteroatoms. The molecule has 0 spiro atoms. The van der Waals surface area contributed by atoms with Crippen molar-refractivity contribution in [3.63, 3.8) is 0 Å². The molecular weight excluding hydrogens is 448 g/mol. The van der Waals surface area contributed by atoms with Crippen LogP contribution in [0.5, 0.6) is 5.75 Å². The minimum atomic E-state index is -5.09. The molecule has 1 aromatic carbocycles. The van der Waals surface area contributed by atoms with Crippen LogP contribution in [0.4, 0.5) is 43.8 Å². The van der Waals surface area contributed by atoms with Crippen molar-refractivity contribution in [2.75, 3.05) is 44.0 Å². The standard InChI is InChI=1S/C18H17F6N5O3/c1-25-14-11(17(19,20)21)9-26-16(28-14)27-12-3-2-10(8-13(12)32-18(22,23)24)15(30)29-4-6-31-7-5-29/h2-3,8-9H,4-7H2,1H3,(H2,25,26,27,28). The Morgan fingerprint density at radius 3 is 2.44 bits per heavy atom. The Labute approximate surface area is 177 Å². The first-order chi connectivity index (χ1) is 15.0. The largest absolute Gasteiger partial charge is 0.573 e. The van der Waals surface area contributed by atoms with Crippen molar-refractivity contribution < 1.29 is 40.6 Å². The lowest BCUT2D eigenvalue weighted by Gasteiger charge is -2.27. The van der Waals surface area contributed by atoms with Crippen LogP contribution in [0.1, 0.15) is 15.9 Å². The number of hydrogen-bond donors (Lipinski definition) is 2. The number of amides is 1. The van der Waals surface area contributed by atoms with Gasteiger partial charge in [-0.3, -0.25) is 4.79 Å². The molecule has 174 valence electrons. The molecule has 2 heterocycles. The molecule has 2 aromatic rings. The van der Waals surface area contributed by atoms with E-state index in [1.165, 1.54) is 18.0 Å². The Morgan fingerprint density at radius 1 is 1.16 bits per heavy atom. The minimum absolute atomic E-state index is 0.0686. The lowest BCUT2D eigenvalue weighted by molar-refractivity contribution is -0.274. The predicted molar refractivity (Wildman–Crippen MR) is 99.7 cm³/mol. The number of anilines is 3. The molecule has 0 unspecified atom stereocenters. The maximum absolute atomic E-state index is 13.0. The highest BCUT2D eigenvalue weighted by Gasteiger charge is 2.35. The maximum atomic E-state index is 13.0. The molecule has 1 saturated heterocycles. The Morgan fingerprint density at radius 2 is 1.84 bits per heavy atom. The van der Waals surface area contributed by atoms with Gasteiger partial charge in [-0.2, -0.15) is 18.2 Å². The third-order valence-electron chi connectivity index (χ3n) is 4.33. The molecule has 8 nitrogen and oxygen atoms in total. The van der Waals surface area contributed by atoms with Gasteiger partial charge in [-0.15, -0.1) is 13.2 Å². The van der Waals surface area contributed by atoms with E-state index in [-0.39, 0.29) is 24.3 Å². The maximum Gasteiger partial charge on any atom is 0.573 e. The van der Waals surface area contributed by atoms with Gasteiger partial charge in [0.25, 0.3) is 5.91 Å². The number of nitrogens with zero attached hydrogens (tertiary/aromatic N) is 3. The number of halogens is 6. The smallest absolute Gasteiger partial charge is 0.404 e. The fraction of sp³-hybridized carbons (Fsp3) is 0.389. The summed E-state index contributed by atoms with van der Waals surface area (Å²) in [6.45, 7) is 1.16. The molecule has 1 amide bonds. The van der Waals surface area contributed by atoms with Gasteiger partial charge in [0.1, 0.15) is 11.4 Å². The van der Waals surface area contributed by atoms with Gasteiger partial charge >= 0.3 is 12.5 Å². The summed E-state index contributed by atoms with van der Waals surface area (Å²) in [7, 11) is 1.20. The van der Waals surface area contributed by atoms with E-state index in [0.29, 0.717) is 19.4 Å². The first-order valence-corrected chi connectivity index (χ1v) is 9.14. The van der Waals surface area contributed by atoms with Crippen molar-refractivity contribution in [2.24, 2.45) is 0 Å². The molecule has 0 radical (unpaired) electrons. The van der Waals surface area contributed by atoms with Crippen LogP contribution in [0, 0.1) is 0 Å². The van der Waals surface area contributed by atoms with E-state index < -0.39 is 41.5 Å². The number of aromatic nitrogens is 2. The Kier molecular flexibility index (Phi) is 6.62. The van der Waals surface area contributed by atoms with Crippen molar-refractivity contribution in [2.45, 2.75) is 12.5 Å². The number of ether oxygens (including phenoxy) is 2. The zero-order valence-corrected chi connectivity index (χ0v) is 16.5. The molecule has 0 saturated carbocycles. The fourth-order valence-corrected chi connectivity index (χ4v) is 2.88. The Hall–Kier alpha value is -3.29. The molecule has 0 bridgehead atoms. The summed E-state index contributed by atoms with van der Waals surface area (Å²) < 4.78 is 86.9. The third kappa shape index (κ3) is 5.69. The van der Waals surface area contributed by atoms with Crippen LogP contribution in [-0.4, -0.2) is 60.5 Å². The summed E-state index contributed by atoms with van der Waals surface area (Å²) in [5.41, 5.74) is -1.52. The quantitative estimate of drug-likeness (QED) is 0.652. The number of morpholine rings is 1. The van der Waals surface area contributed by atoms with E-state index in [0.717, 1.165) is 12.1 Å². The van der Waals surface area contributed by atoms with Crippen LogP contribution < -0.4 is 15.4 Å². The number of alkyl halides is 6. The second-order valence-corrected chi connectivity index (χ2v) is 6.49. The van der Waals surface area contributed by atoms with Gasteiger partial charge in [0.2, 0.25) is 5.95 Å². The van der Waals surface area contributed by atoms with E-state index in [4.69, 9.17) is 4.74 Å². The zero-order chi connectivity index (χ0) is 23.5. The van der Waals surface area contributed by atoms with Crippen LogP contribution in [0.2, 0.25) is 0 Å². The highest BCUT2D eigenvalue weighted by atomic mass is 19.4. The first-order valence-electron chi connectivity index (χ1n) is 9.14. The summed E-state index contributed by atoms with van der Waals surface area (Å²) in [6.07, 6.45) is -9.33. The van der Waals surface area contributed by atoms with Gasteiger partial charge < -0.3 is 25.0 Å². The van der Waals surface area contributed by atoms with Gasteiger partial charge in [-0.05, 0) is 18.2 Å². The SMILES string of the molecule is CNc1nc(Nc2ccc(C(=O)N3CCOCC3)cc2OC(F)(F)F)ncc1C(F)(F)F. The summed E-state index contributed by atoms with van der Waals surface area (Å²) in [4.78, 5) is 21.1. The molecule has 0 atom stereocenters. The van der Waals surface area contributed by atoms with Crippen LogP contribution in [0.25, 0.3) is 0 Å². The average molecular weight is 465 g/mol. The average Bonchev–Trinajstić information content (AvgIpc) is 2.73. The topological polar surface area (TPSA) is 88.6 Å². The molecule has 1 aliphatic heterocycles. The molecule has 0 aliphatic carbocycles. The Balaban J connectivity index is 1.92. The third-order valence-corrected chi connectivity index (χ3v) is 4.33. The van der Waals surface area contributed by atoms with E-state index in [1.807, 2.05) is 0 Å². The van der Waals surface area contributed by atoms with E-state index in [1.54, 1.807) is 0 Å². The predicted octanol–water partition coefficient (Wildman–Crippen LogP) is 3.65. The number of hydrogen-bond acceptors (Lipinski definition) is 7. The number of rotatable bonds is 5. The lowest BCUT2D eigenvalue weighted by Crippen LogP contribution is -2.40. The molecule has 1 aliphatic rings. The van der Waals surface area contributed by atoms with Gasteiger partial charge in [-0.25, -0.2) is 4.98 Å². The molecule has 2 N–H and O–H groups in total. The van der Waals surface area contributed by atoms with Crippen LogP contribution in [0.15, 0.2) is 24.4 Å². The highest BCUT2D eigenvalue weighted by molar-refractivity contribution is 5.95. The molecule has 32 heavy (non-hydrogen) atoms. The second-order valence-electron chi connectivity index (χ2n) is 6.49. The van der Waals surface area contributed by atoms with Gasteiger partial charge in [0.15, 0.2) is 5.75 Å². The van der Waals surface area contributed by atoms with Crippen molar-refractivity contribution in [3.8, 4) is 5.75 Å². The van der Waals surface area contributed by atoms with E-state index in [2.05, 4.69) is 25.3 Å². The summed E-state index contributed by atoms with van der Waals surface area (Å²) in [5.74, 6) is -2.28. The van der Waals surface area contributed by atoms with Crippen molar-refractivity contribution in [3.05, 3.63) is 35.5 Å². The zero-order valence-electron chi connectivity index (χ0n) is 16.5. The Bertz CT molecular complexity index is 977. The second kappa shape index (κ2) is 9.06. The first kappa shape index (κ1) is 23.4. The number of benzene rings is 1. The van der Waals surface area contributed by atoms with Gasteiger partial charge in [-0.1, -0.05) is 0 Å². The number of carbonyl (C=O) groups excluding carboxylic acids is 1. The van der Waals surface area contributed by atoms with Crippen molar-refractivity contribution in [1.82, 2.24) is 14.9 Å². The minimum Gasteiger partial charge on any atom is -0.404 e. The summed E-state index contributed by atoms with van der Waals surface area (Å²) >= 11 is 0.